The Kier molecular flexibility index (Phi) is 3.81. The fourth-order valence-electron chi connectivity index (χ4n) is 3.41. The number of nitrogens with one attached hydrogen (secondary N) is 1. The molecule has 4 rings (SSSR count). The van der Waals surface area contributed by atoms with E-state index in [0.717, 1.165) is 0 Å². The minimum atomic E-state index is -1.46. The van der Waals surface area contributed by atoms with Crippen molar-refractivity contribution in [3.05, 3.63) is 95.6 Å². The number of ketones is 2. The average molecular weight is 343 g/mol. The number of fused-ring (bicyclic) bond motifs is 1. The molecule has 1 aliphatic carbocycles. The molecule has 0 fully saturated rings. The van der Waals surface area contributed by atoms with Gasteiger partial charge in [0, 0.05) is 16.8 Å². The molecule has 0 heterocycles. The quantitative estimate of drug-likeness (QED) is 0.725. The lowest BCUT2D eigenvalue weighted by Gasteiger charge is -2.29. The van der Waals surface area contributed by atoms with Crippen LogP contribution in [0.2, 0.25) is 0 Å². The summed E-state index contributed by atoms with van der Waals surface area (Å²) in [5, 5.41) is 3.21. The highest BCUT2D eigenvalue weighted by Crippen LogP contribution is 2.40. The molecular formula is C22H17NO3. The highest BCUT2D eigenvalue weighted by atomic mass is 16.5. The van der Waals surface area contributed by atoms with Crippen LogP contribution in [0.25, 0.3) is 0 Å². The second kappa shape index (κ2) is 6.15. The molecular weight excluding hydrogens is 326 g/mol. The summed E-state index contributed by atoms with van der Waals surface area (Å²) in [5.41, 5.74) is 0.732. The molecule has 1 N–H and O–H groups in total. The van der Waals surface area contributed by atoms with E-state index in [1.165, 1.54) is 0 Å². The van der Waals surface area contributed by atoms with Gasteiger partial charge in [-0.05, 0) is 29.8 Å². The van der Waals surface area contributed by atoms with Crippen molar-refractivity contribution in [2.45, 2.75) is 5.54 Å². The number of carbonyl (C=O) groups excluding carboxylic acids is 2. The minimum absolute atomic E-state index is 0.236. The van der Waals surface area contributed by atoms with Crippen LogP contribution in [0.1, 0.15) is 26.3 Å². The van der Waals surface area contributed by atoms with Gasteiger partial charge >= 0.3 is 0 Å². The Morgan fingerprint density at radius 1 is 0.731 bits per heavy atom. The molecule has 0 bridgehead atoms. The third kappa shape index (κ3) is 2.30. The van der Waals surface area contributed by atoms with Gasteiger partial charge in [0.05, 0.1) is 7.11 Å². The summed E-state index contributed by atoms with van der Waals surface area (Å²) in [7, 11) is 1.59. The molecule has 128 valence electrons. The van der Waals surface area contributed by atoms with Gasteiger partial charge in [-0.15, -0.1) is 0 Å². The molecule has 0 unspecified atom stereocenters. The predicted molar refractivity (Wildman–Crippen MR) is 99.8 cm³/mol. The highest BCUT2D eigenvalue weighted by molar-refractivity contribution is 6.34. The molecule has 0 atom stereocenters. The summed E-state index contributed by atoms with van der Waals surface area (Å²) in [5.74, 6) is 0.233. The van der Waals surface area contributed by atoms with Gasteiger partial charge < -0.3 is 10.1 Å². The number of carbonyl (C=O) groups is 2. The van der Waals surface area contributed by atoms with Crippen molar-refractivity contribution in [2.24, 2.45) is 0 Å². The average Bonchev–Trinajstić information content (AvgIpc) is 2.92. The van der Waals surface area contributed by atoms with Gasteiger partial charge in [-0.3, -0.25) is 9.59 Å². The summed E-state index contributed by atoms with van der Waals surface area (Å²) in [6, 6.07) is 23.3. The van der Waals surface area contributed by atoms with E-state index in [1.807, 2.05) is 18.2 Å². The lowest BCUT2D eigenvalue weighted by atomic mass is 9.84. The van der Waals surface area contributed by atoms with Gasteiger partial charge in [0.1, 0.15) is 5.75 Å². The smallest absolute Gasteiger partial charge is 0.201 e. The molecule has 0 radical (unpaired) electrons. The van der Waals surface area contributed by atoms with E-state index in [0.29, 0.717) is 28.1 Å². The van der Waals surface area contributed by atoms with Crippen LogP contribution in [0.15, 0.2) is 78.9 Å². The standard InChI is InChI=1S/C22H17NO3/c1-26-17-13-11-16(12-14-17)23-22(15-7-3-2-4-8-15)20(24)18-9-5-6-10-19(18)21(22)25/h2-14,23H,1H3. The largest absolute Gasteiger partial charge is 0.497 e. The van der Waals surface area contributed by atoms with Crippen LogP contribution in [0.3, 0.4) is 0 Å². The second-order valence-corrected chi connectivity index (χ2v) is 6.17. The van der Waals surface area contributed by atoms with Gasteiger partial charge in [0.25, 0.3) is 0 Å². The molecule has 0 saturated heterocycles. The predicted octanol–water partition coefficient (Wildman–Crippen LogP) is 4.08. The lowest BCUT2D eigenvalue weighted by molar-refractivity contribution is 0.0819. The number of methoxy groups -OCH3 is 1. The maximum absolute atomic E-state index is 13.3. The second-order valence-electron chi connectivity index (χ2n) is 6.17. The van der Waals surface area contributed by atoms with Crippen LogP contribution in [-0.4, -0.2) is 18.7 Å². The lowest BCUT2D eigenvalue weighted by Crippen LogP contribution is -2.46. The Bertz CT molecular complexity index is 943. The highest BCUT2D eigenvalue weighted by Gasteiger charge is 2.54. The van der Waals surface area contributed by atoms with E-state index in [4.69, 9.17) is 4.74 Å². The first-order valence-electron chi connectivity index (χ1n) is 8.33. The van der Waals surface area contributed by atoms with Crippen LogP contribution in [0, 0.1) is 0 Å². The van der Waals surface area contributed by atoms with Gasteiger partial charge in [-0.1, -0.05) is 54.6 Å². The van der Waals surface area contributed by atoms with E-state index in [-0.39, 0.29) is 11.6 Å². The van der Waals surface area contributed by atoms with Crippen molar-refractivity contribution in [2.75, 3.05) is 12.4 Å². The SMILES string of the molecule is COc1ccc(NC2(c3ccccc3)C(=O)c3ccccc3C2=O)cc1. The van der Waals surface area contributed by atoms with Crippen molar-refractivity contribution >= 4 is 17.3 Å². The zero-order valence-electron chi connectivity index (χ0n) is 14.2. The molecule has 0 aliphatic heterocycles. The Morgan fingerprint density at radius 3 is 1.81 bits per heavy atom. The molecule has 1 aliphatic rings. The van der Waals surface area contributed by atoms with Crippen LogP contribution >= 0.6 is 0 Å². The molecule has 0 spiro atoms. The summed E-state index contributed by atoms with van der Waals surface area (Å²) >= 11 is 0. The van der Waals surface area contributed by atoms with E-state index in [1.54, 1.807) is 67.8 Å². The summed E-state index contributed by atoms with van der Waals surface area (Å²) in [4.78, 5) is 26.7. The molecule has 3 aromatic carbocycles. The maximum atomic E-state index is 13.3. The van der Waals surface area contributed by atoms with Crippen LogP contribution < -0.4 is 10.1 Å². The number of rotatable bonds is 4. The molecule has 4 heteroatoms. The molecule has 0 saturated carbocycles. The van der Waals surface area contributed by atoms with Crippen LogP contribution in [0.5, 0.6) is 5.75 Å². The fourth-order valence-corrected chi connectivity index (χ4v) is 3.41. The zero-order chi connectivity index (χ0) is 18.1. The Morgan fingerprint density at radius 2 is 1.27 bits per heavy atom. The van der Waals surface area contributed by atoms with Gasteiger partial charge in [0.15, 0.2) is 5.54 Å². The van der Waals surface area contributed by atoms with Crippen molar-refractivity contribution in [1.29, 1.82) is 0 Å². The number of hydrogen-bond acceptors (Lipinski definition) is 4. The van der Waals surface area contributed by atoms with Crippen LogP contribution in [0.4, 0.5) is 5.69 Å². The van der Waals surface area contributed by atoms with Gasteiger partial charge in [0.2, 0.25) is 11.6 Å². The van der Waals surface area contributed by atoms with E-state index < -0.39 is 5.54 Å². The number of benzene rings is 3. The number of Topliss-reactive ketones (excluding diaryl/α,β-unsaturated/α-hetero) is 2. The van der Waals surface area contributed by atoms with E-state index >= 15 is 0 Å². The first-order chi connectivity index (χ1) is 12.7. The van der Waals surface area contributed by atoms with E-state index in [9.17, 15) is 9.59 Å². The summed E-state index contributed by atoms with van der Waals surface area (Å²) in [6.07, 6.45) is 0. The van der Waals surface area contributed by atoms with Crippen molar-refractivity contribution in [1.82, 2.24) is 0 Å². The van der Waals surface area contributed by atoms with Gasteiger partial charge in [-0.2, -0.15) is 0 Å². The molecule has 26 heavy (non-hydrogen) atoms. The minimum Gasteiger partial charge on any atom is -0.497 e. The van der Waals surface area contributed by atoms with Crippen molar-refractivity contribution in [3.8, 4) is 5.75 Å². The molecule has 0 aromatic heterocycles. The number of ether oxygens (including phenoxy) is 1. The first-order valence-corrected chi connectivity index (χ1v) is 8.33. The zero-order valence-corrected chi connectivity index (χ0v) is 14.2. The molecule has 0 amide bonds. The molecule has 4 nitrogen and oxygen atoms in total. The Balaban J connectivity index is 1.87. The normalized spacial score (nSPS) is 14.8. The first kappa shape index (κ1) is 16.1. The van der Waals surface area contributed by atoms with Crippen LogP contribution in [-0.2, 0) is 5.54 Å². The number of anilines is 1. The fraction of sp³-hybridized carbons (Fsp3) is 0.0909. The van der Waals surface area contributed by atoms with Crippen molar-refractivity contribution < 1.29 is 14.3 Å². The Labute approximate surface area is 151 Å². The monoisotopic (exact) mass is 343 g/mol. The van der Waals surface area contributed by atoms with Gasteiger partial charge in [-0.25, -0.2) is 0 Å². The summed E-state index contributed by atoms with van der Waals surface area (Å²) < 4.78 is 5.18. The maximum Gasteiger partial charge on any atom is 0.201 e. The number of hydrogen-bond donors (Lipinski definition) is 1. The molecule has 3 aromatic rings. The topological polar surface area (TPSA) is 55.4 Å². The summed E-state index contributed by atoms with van der Waals surface area (Å²) in [6.45, 7) is 0. The Hall–Kier alpha value is -3.40. The third-order valence-electron chi connectivity index (χ3n) is 4.73. The van der Waals surface area contributed by atoms with E-state index in [2.05, 4.69) is 5.32 Å². The third-order valence-corrected chi connectivity index (χ3v) is 4.73. The van der Waals surface area contributed by atoms with Crippen molar-refractivity contribution in [3.63, 3.8) is 0 Å².